The van der Waals surface area contributed by atoms with Crippen LogP contribution in [0.25, 0.3) is 0 Å². The third-order valence-electron chi connectivity index (χ3n) is 1.30. The second kappa shape index (κ2) is 6.21. The predicted octanol–water partition coefficient (Wildman–Crippen LogP) is 2.98. The maximum Gasteiger partial charge on any atom is 0.0661 e. The highest BCUT2D eigenvalue weighted by molar-refractivity contribution is 8.76. The Balaban J connectivity index is 3.69. The normalized spacial score (nSPS) is 14.5. The lowest BCUT2D eigenvalue weighted by Gasteiger charge is -2.22. The first-order valence-electron chi connectivity index (χ1n) is 4.03. The van der Waals surface area contributed by atoms with Gasteiger partial charge in [0.25, 0.3) is 0 Å². The van der Waals surface area contributed by atoms with Crippen LogP contribution < -0.4 is 5.32 Å². The maximum atomic E-state index is 3.52. The summed E-state index contributed by atoms with van der Waals surface area (Å²) in [5, 5.41) is 4.11. The largest absolute Gasteiger partial charge is 0.302 e. The molecule has 0 saturated heterocycles. The molecular weight excluding hydrogens is 174 g/mol. The lowest BCUT2D eigenvalue weighted by molar-refractivity contribution is 0.473. The topological polar surface area (TPSA) is 12.0 Å². The molecule has 0 rings (SSSR count). The van der Waals surface area contributed by atoms with Crippen LogP contribution in [-0.2, 0) is 0 Å². The average molecular weight is 193 g/mol. The van der Waals surface area contributed by atoms with Gasteiger partial charge in [-0.1, -0.05) is 35.4 Å². The minimum absolute atomic E-state index is 0.585. The lowest BCUT2D eigenvalue weighted by atomic mass is 10.2. The van der Waals surface area contributed by atoms with Gasteiger partial charge in [0.15, 0.2) is 0 Å². The van der Waals surface area contributed by atoms with Crippen LogP contribution in [0.15, 0.2) is 0 Å². The first-order chi connectivity index (χ1) is 5.07. The second-order valence-corrected chi connectivity index (χ2v) is 5.86. The molecule has 11 heavy (non-hydrogen) atoms. The molecule has 3 heteroatoms. The molecule has 0 heterocycles. The van der Waals surface area contributed by atoms with Gasteiger partial charge < -0.3 is 5.32 Å². The third kappa shape index (κ3) is 5.88. The van der Waals surface area contributed by atoms with E-state index in [0.717, 1.165) is 0 Å². The molecule has 1 nitrogen and oxygen atoms in total. The fourth-order valence-electron chi connectivity index (χ4n) is 0.764. The van der Waals surface area contributed by atoms with E-state index < -0.39 is 0 Å². The molecule has 0 spiro atoms. The van der Waals surface area contributed by atoms with Gasteiger partial charge in [-0.2, -0.15) is 0 Å². The van der Waals surface area contributed by atoms with Crippen LogP contribution in [0, 0.1) is 5.92 Å². The fraction of sp³-hybridized carbons (Fsp3) is 1.00. The Morgan fingerprint density at radius 2 is 1.64 bits per heavy atom. The summed E-state index contributed by atoms with van der Waals surface area (Å²) in [6.45, 7) is 8.89. The van der Waals surface area contributed by atoms with Gasteiger partial charge in [0, 0.05) is 6.04 Å². The number of hydrogen-bond donors (Lipinski definition) is 1. The highest BCUT2D eigenvalue weighted by Crippen LogP contribution is 2.27. The summed E-state index contributed by atoms with van der Waals surface area (Å²) in [6, 6.07) is 0.585. The molecule has 0 radical (unpaired) electrons. The van der Waals surface area contributed by atoms with Gasteiger partial charge in [0.1, 0.15) is 0 Å². The monoisotopic (exact) mass is 193 g/mol. The van der Waals surface area contributed by atoms with E-state index in [0.29, 0.717) is 17.3 Å². The first kappa shape index (κ1) is 11.7. The quantitative estimate of drug-likeness (QED) is 0.532. The maximum absolute atomic E-state index is 3.52. The molecule has 0 amide bonds. The molecule has 0 aromatic rings. The number of rotatable bonds is 5. The molecule has 68 valence electrons. The highest BCUT2D eigenvalue weighted by Gasteiger charge is 2.13. The molecule has 0 bridgehead atoms. The van der Waals surface area contributed by atoms with E-state index in [1.54, 1.807) is 0 Å². The summed E-state index contributed by atoms with van der Waals surface area (Å²) in [5.41, 5.74) is 0. The summed E-state index contributed by atoms with van der Waals surface area (Å²) in [7, 11) is 3.75. The van der Waals surface area contributed by atoms with Gasteiger partial charge in [0.2, 0.25) is 0 Å². The van der Waals surface area contributed by atoms with E-state index >= 15 is 0 Å². The summed E-state index contributed by atoms with van der Waals surface area (Å²) >= 11 is 0. The fourth-order valence-corrected chi connectivity index (χ4v) is 2.98. The zero-order valence-corrected chi connectivity index (χ0v) is 9.68. The number of nitrogens with one attached hydrogen (secondary N) is 1. The average Bonchev–Trinajstić information content (AvgIpc) is 1.86. The van der Waals surface area contributed by atoms with Crippen molar-refractivity contribution in [1.82, 2.24) is 5.32 Å². The van der Waals surface area contributed by atoms with Crippen LogP contribution in [0.1, 0.15) is 27.7 Å². The van der Waals surface area contributed by atoms with E-state index in [-0.39, 0.29) is 0 Å². The first-order valence-corrected chi connectivity index (χ1v) is 6.65. The van der Waals surface area contributed by atoms with E-state index in [9.17, 15) is 0 Å². The molecule has 1 unspecified atom stereocenters. The molecule has 0 aromatic carbocycles. The van der Waals surface area contributed by atoms with Crippen LogP contribution in [0.2, 0.25) is 0 Å². The molecular formula is C8H19NS2. The Morgan fingerprint density at radius 1 is 1.09 bits per heavy atom. The van der Waals surface area contributed by atoms with Crippen molar-refractivity contribution in [2.75, 3.05) is 6.26 Å². The van der Waals surface area contributed by atoms with Gasteiger partial charge in [0.05, 0.1) is 5.37 Å². The lowest BCUT2D eigenvalue weighted by Crippen LogP contribution is -2.35. The molecule has 0 saturated carbocycles. The predicted molar refractivity (Wildman–Crippen MR) is 58.0 cm³/mol. The zero-order valence-electron chi connectivity index (χ0n) is 8.05. The van der Waals surface area contributed by atoms with Crippen LogP contribution in [0.3, 0.4) is 0 Å². The molecule has 1 N–H and O–H groups in total. The summed E-state index contributed by atoms with van der Waals surface area (Å²) < 4.78 is 0. The Morgan fingerprint density at radius 3 is 1.91 bits per heavy atom. The minimum Gasteiger partial charge on any atom is -0.302 e. The van der Waals surface area contributed by atoms with Gasteiger partial charge in [-0.15, -0.1) is 0 Å². The standard InChI is InChI=1S/C8H19NS2/c1-6(2)8(11-10-5)9-7(3)4/h6-9H,1-5H3. The molecule has 0 aliphatic rings. The molecule has 0 aromatic heterocycles. The summed E-state index contributed by atoms with van der Waals surface area (Å²) in [5.74, 6) is 0.704. The Kier molecular flexibility index (Phi) is 6.58. The summed E-state index contributed by atoms with van der Waals surface area (Å²) in [6.07, 6.45) is 2.13. The van der Waals surface area contributed by atoms with E-state index in [1.165, 1.54) is 0 Å². The molecule has 0 fully saturated rings. The van der Waals surface area contributed by atoms with Gasteiger partial charge in [-0.05, 0) is 26.0 Å². The minimum atomic E-state index is 0.585. The number of hydrogen-bond acceptors (Lipinski definition) is 3. The van der Waals surface area contributed by atoms with Crippen molar-refractivity contribution in [3.05, 3.63) is 0 Å². The third-order valence-corrected chi connectivity index (χ3v) is 3.58. The zero-order chi connectivity index (χ0) is 8.85. The highest BCUT2D eigenvalue weighted by atomic mass is 33.1. The summed E-state index contributed by atoms with van der Waals surface area (Å²) in [4.78, 5) is 0. The van der Waals surface area contributed by atoms with Crippen molar-refractivity contribution < 1.29 is 0 Å². The van der Waals surface area contributed by atoms with Crippen molar-refractivity contribution in [1.29, 1.82) is 0 Å². The van der Waals surface area contributed by atoms with Crippen molar-refractivity contribution in [3.63, 3.8) is 0 Å². The Labute approximate surface area is 78.5 Å². The van der Waals surface area contributed by atoms with Crippen LogP contribution in [0.5, 0.6) is 0 Å². The van der Waals surface area contributed by atoms with E-state index in [2.05, 4.69) is 39.3 Å². The smallest absolute Gasteiger partial charge is 0.0661 e. The Bertz CT molecular complexity index is 94.1. The van der Waals surface area contributed by atoms with Crippen LogP contribution in [0.4, 0.5) is 0 Å². The molecule has 0 aliphatic heterocycles. The van der Waals surface area contributed by atoms with E-state index in [1.807, 2.05) is 21.6 Å². The SMILES string of the molecule is CSSC(NC(C)C)C(C)C. The van der Waals surface area contributed by atoms with Crippen molar-refractivity contribution in [2.45, 2.75) is 39.1 Å². The molecule has 1 atom stereocenters. The van der Waals surface area contributed by atoms with E-state index in [4.69, 9.17) is 0 Å². The van der Waals surface area contributed by atoms with Crippen LogP contribution >= 0.6 is 21.6 Å². The van der Waals surface area contributed by atoms with Gasteiger partial charge in [-0.3, -0.25) is 0 Å². The van der Waals surface area contributed by atoms with Crippen LogP contribution in [-0.4, -0.2) is 17.7 Å². The molecule has 0 aliphatic carbocycles. The van der Waals surface area contributed by atoms with Gasteiger partial charge >= 0.3 is 0 Å². The van der Waals surface area contributed by atoms with Crippen molar-refractivity contribution >= 4 is 21.6 Å². The second-order valence-electron chi connectivity index (χ2n) is 3.25. The Hall–Kier alpha value is 0.660. The van der Waals surface area contributed by atoms with Gasteiger partial charge in [-0.25, -0.2) is 0 Å². The van der Waals surface area contributed by atoms with Crippen molar-refractivity contribution in [2.24, 2.45) is 5.92 Å². The van der Waals surface area contributed by atoms with Crippen molar-refractivity contribution in [3.8, 4) is 0 Å².